The van der Waals surface area contributed by atoms with E-state index in [-0.39, 0.29) is 5.91 Å². The van der Waals surface area contributed by atoms with Gasteiger partial charge in [-0.1, -0.05) is 48.5 Å². The molecule has 7 heteroatoms. The van der Waals surface area contributed by atoms with E-state index in [9.17, 15) is 4.79 Å². The summed E-state index contributed by atoms with van der Waals surface area (Å²) in [6.45, 7) is 0. The molecule has 0 amide bonds. The van der Waals surface area contributed by atoms with Gasteiger partial charge in [-0.2, -0.15) is 14.9 Å². The van der Waals surface area contributed by atoms with Crippen LogP contribution in [0.1, 0.15) is 47.3 Å². The van der Waals surface area contributed by atoms with Crippen LogP contribution in [0.3, 0.4) is 0 Å². The number of rotatable bonds is 5. The standard InChI is InChI=1S/C31H26N6O/c38-31-28(23-13-14-24-22(18-23)12-7-16-32-24)25(34-27-15-17-33-35-27)19-26-29(20-8-3-1-4-9-20)30(36-37(26)31)21-10-5-2-6-11-21/h2,5-8,10-18H,1,3-4,9,19H2,(H2,33,34,35). The van der Waals surface area contributed by atoms with Crippen molar-refractivity contribution < 1.29 is 4.79 Å². The lowest BCUT2D eigenvalue weighted by molar-refractivity contribution is 0.0958. The smallest absolute Gasteiger partial charge is 0.280 e. The summed E-state index contributed by atoms with van der Waals surface area (Å²) >= 11 is 0. The minimum Gasteiger partial charge on any atom is -0.343 e. The van der Waals surface area contributed by atoms with Crippen molar-refractivity contribution in [1.29, 1.82) is 0 Å². The molecule has 38 heavy (non-hydrogen) atoms. The van der Waals surface area contributed by atoms with E-state index in [0.29, 0.717) is 12.0 Å². The van der Waals surface area contributed by atoms with E-state index in [0.717, 1.165) is 69.8 Å². The minimum atomic E-state index is -0.142. The largest absolute Gasteiger partial charge is 0.343 e. The van der Waals surface area contributed by atoms with E-state index >= 15 is 0 Å². The summed E-state index contributed by atoms with van der Waals surface area (Å²) in [5, 5.41) is 16.5. The van der Waals surface area contributed by atoms with Crippen LogP contribution >= 0.6 is 0 Å². The molecule has 0 spiro atoms. The highest BCUT2D eigenvalue weighted by Gasteiger charge is 2.34. The first kappa shape index (κ1) is 22.4. The minimum absolute atomic E-state index is 0.142. The highest BCUT2D eigenvalue weighted by molar-refractivity contribution is 6.23. The lowest BCUT2D eigenvalue weighted by atomic mass is 9.88. The zero-order valence-electron chi connectivity index (χ0n) is 20.8. The maximum Gasteiger partial charge on any atom is 0.280 e. The number of carbonyl (C=O) groups excluding carboxylic acids is 1. The lowest BCUT2D eigenvalue weighted by Crippen LogP contribution is -2.27. The van der Waals surface area contributed by atoms with Gasteiger partial charge in [0.1, 0.15) is 11.5 Å². The Balaban J connectivity index is 1.43. The van der Waals surface area contributed by atoms with Crippen molar-refractivity contribution in [3.63, 3.8) is 0 Å². The number of hydrogen-bond acceptors (Lipinski definition) is 5. The van der Waals surface area contributed by atoms with Gasteiger partial charge in [0.05, 0.1) is 23.0 Å². The van der Waals surface area contributed by atoms with Crippen LogP contribution in [-0.4, -0.2) is 30.9 Å². The molecule has 3 aromatic heterocycles. The van der Waals surface area contributed by atoms with Crippen molar-refractivity contribution in [3.8, 4) is 11.3 Å². The summed E-state index contributed by atoms with van der Waals surface area (Å²) in [7, 11) is 0. The molecular formula is C31H26N6O. The Morgan fingerprint density at radius 3 is 2.66 bits per heavy atom. The maximum absolute atomic E-state index is 14.3. The number of fused-ring (bicyclic) bond motifs is 2. The van der Waals surface area contributed by atoms with Crippen molar-refractivity contribution in [2.24, 2.45) is 0 Å². The quantitative estimate of drug-likeness (QED) is 0.289. The Morgan fingerprint density at radius 1 is 0.921 bits per heavy atom. The summed E-state index contributed by atoms with van der Waals surface area (Å²) < 4.78 is 1.63. The van der Waals surface area contributed by atoms with E-state index in [1.165, 1.54) is 12.0 Å². The number of aromatic amines is 1. The van der Waals surface area contributed by atoms with Crippen LogP contribution in [0.25, 0.3) is 33.3 Å². The summed E-state index contributed by atoms with van der Waals surface area (Å²) in [5.74, 6) is 0.596. The fourth-order valence-electron chi connectivity index (χ4n) is 5.60. The summed E-state index contributed by atoms with van der Waals surface area (Å²) in [4.78, 5) is 18.8. The second-order valence-corrected chi connectivity index (χ2v) is 9.76. The van der Waals surface area contributed by atoms with Crippen LogP contribution < -0.4 is 5.32 Å². The van der Waals surface area contributed by atoms with Crippen molar-refractivity contribution in [3.05, 3.63) is 108 Å². The van der Waals surface area contributed by atoms with Crippen LogP contribution in [0.5, 0.6) is 0 Å². The van der Waals surface area contributed by atoms with Gasteiger partial charge < -0.3 is 5.32 Å². The number of allylic oxidation sites excluding steroid dienone is 4. The highest BCUT2D eigenvalue weighted by Crippen LogP contribution is 2.40. The number of hydrogen-bond donors (Lipinski definition) is 2. The molecule has 2 aromatic carbocycles. The zero-order valence-corrected chi connectivity index (χ0v) is 20.8. The fourth-order valence-corrected chi connectivity index (χ4v) is 5.60. The third kappa shape index (κ3) is 3.84. The van der Waals surface area contributed by atoms with Crippen molar-refractivity contribution in [2.45, 2.75) is 32.1 Å². The maximum atomic E-state index is 14.3. The van der Waals surface area contributed by atoms with E-state index in [1.54, 1.807) is 17.1 Å². The summed E-state index contributed by atoms with van der Waals surface area (Å²) in [6, 6.07) is 21.9. The van der Waals surface area contributed by atoms with Crippen molar-refractivity contribution >= 4 is 33.8 Å². The number of nitrogens with zero attached hydrogens (tertiary/aromatic N) is 4. The average molecular weight is 499 g/mol. The Bertz CT molecular complexity index is 1730. The Labute approximate surface area is 219 Å². The molecule has 2 aliphatic rings. The number of aromatic nitrogens is 5. The molecule has 5 aromatic rings. The Hall–Kier alpha value is -4.78. The average Bonchev–Trinajstić information content (AvgIpc) is 3.62. The van der Waals surface area contributed by atoms with Gasteiger partial charge in [-0.05, 0) is 55.0 Å². The molecule has 1 aliphatic heterocycles. The number of carbonyl (C=O) groups is 1. The molecule has 0 bridgehead atoms. The van der Waals surface area contributed by atoms with Gasteiger partial charge >= 0.3 is 0 Å². The Kier molecular flexibility index (Phi) is 5.47. The molecule has 0 saturated carbocycles. The van der Waals surface area contributed by atoms with Gasteiger partial charge in [0.25, 0.3) is 5.91 Å². The molecule has 2 N–H and O–H groups in total. The first-order chi connectivity index (χ1) is 18.8. The van der Waals surface area contributed by atoms with E-state index in [2.05, 4.69) is 38.7 Å². The summed E-state index contributed by atoms with van der Waals surface area (Å²) in [5.41, 5.74) is 8.34. The van der Waals surface area contributed by atoms with Gasteiger partial charge in [-0.15, -0.1) is 0 Å². The summed E-state index contributed by atoms with van der Waals surface area (Å²) in [6.07, 6.45) is 10.7. The van der Waals surface area contributed by atoms with E-state index < -0.39 is 0 Å². The topological polar surface area (TPSA) is 88.5 Å². The van der Waals surface area contributed by atoms with Gasteiger partial charge in [-0.25, -0.2) is 0 Å². The molecule has 4 heterocycles. The number of benzene rings is 2. The molecule has 0 atom stereocenters. The molecule has 7 nitrogen and oxygen atoms in total. The molecular weight excluding hydrogens is 472 g/mol. The second kappa shape index (κ2) is 9.27. The number of anilines is 1. The number of H-pyrrole nitrogens is 1. The van der Waals surface area contributed by atoms with Gasteiger partial charge in [-0.3, -0.25) is 14.9 Å². The Morgan fingerprint density at radius 2 is 1.84 bits per heavy atom. The van der Waals surface area contributed by atoms with Crippen LogP contribution in [0, 0.1) is 0 Å². The third-order valence-electron chi connectivity index (χ3n) is 7.37. The number of pyridine rings is 1. The zero-order chi connectivity index (χ0) is 25.5. The normalized spacial score (nSPS) is 15.5. The predicted molar refractivity (Wildman–Crippen MR) is 149 cm³/mol. The fraction of sp³-hybridized carbons (Fsp3) is 0.161. The van der Waals surface area contributed by atoms with Crippen LogP contribution in [0.15, 0.2) is 90.9 Å². The monoisotopic (exact) mass is 498 g/mol. The third-order valence-corrected chi connectivity index (χ3v) is 7.37. The highest BCUT2D eigenvalue weighted by atomic mass is 16.2. The molecule has 1 aliphatic carbocycles. The predicted octanol–water partition coefficient (Wildman–Crippen LogP) is 6.50. The van der Waals surface area contributed by atoms with Crippen LogP contribution in [0.4, 0.5) is 5.82 Å². The molecule has 0 unspecified atom stereocenters. The first-order valence-electron chi connectivity index (χ1n) is 13.0. The molecule has 0 saturated heterocycles. The van der Waals surface area contributed by atoms with Crippen LogP contribution in [-0.2, 0) is 6.42 Å². The first-order valence-corrected chi connectivity index (χ1v) is 13.0. The molecule has 0 fully saturated rings. The van der Waals surface area contributed by atoms with Gasteiger partial charge in [0, 0.05) is 40.9 Å². The van der Waals surface area contributed by atoms with Gasteiger partial charge in [0.2, 0.25) is 0 Å². The lowest BCUT2D eigenvalue weighted by Gasteiger charge is -2.23. The molecule has 7 rings (SSSR count). The van der Waals surface area contributed by atoms with E-state index in [1.807, 2.05) is 54.6 Å². The van der Waals surface area contributed by atoms with Gasteiger partial charge in [0.15, 0.2) is 0 Å². The SMILES string of the molecule is O=C1C(c2ccc3ncccc3c2)=C(Nc2ccn[nH]2)Cc2c(C3=CCCCC3)c(-c3ccccc3)nn21. The second-order valence-electron chi connectivity index (χ2n) is 9.76. The van der Waals surface area contributed by atoms with Crippen molar-refractivity contribution in [1.82, 2.24) is 25.0 Å². The van der Waals surface area contributed by atoms with Crippen LogP contribution in [0.2, 0.25) is 0 Å². The molecule has 0 radical (unpaired) electrons. The number of nitrogens with one attached hydrogen (secondary N) is 2. The molecule has 186 valence electrons. The van der Waals surface area contributed by atoms with Crippen molar-refractivity contribution in [2.75, 3.05) is 5.32 Å². The van der Waals surface area contributed by atoms with E-state index in [4.69, 9.17) is 5.10 Å².